The summed E-state index contributed by atoms with van der Waals surface area (Å²) in [7, 11) is 2.17. The van der Waals surface area contributed by atoms with Gasteiger partial charge in [-0.3, -0.25) is 0 Å². The molecule has 1 heterocycles. The van der Waals surface area contributed by atoms with E-state index in [1.54, 1.807) is 0 Å². The summed E-state index contributed by atoms with van der Waals surface area (Å²) in [5.74, 6) is 0. The van der Waals surface area contributed by atoms with Crippen molar-refractivity contribution in [3.05, 3.63) is 0 Å². The first kappa shape index (κ1) is 11.9. The Kier molecular flexibility index (Phi) is 6.39. The molecular weight excluding hydrogens is 148 g/mol. The quantitative estimate of drug-likeness (QED) is 0.703. The van der Waals surface area contributed by atoms with E-state index < -0.39 is 0 Å². The third-order valence-corrected chi connectivity index (χ3v) is 2.23. The zero-order chi connectivity index (χ0) is 9.56. The summed E-state index contributed by atoms with van der Waals surface area (Å²) in [6.07, 6.45) is 1.35. The molecule has 0 aromatic carbocycles. The smallest absolute Gasteiger partial charge is 0.0212 e. The molecule has 1 aliphatic heterocycles. The van der Waals surface area contributed by atoms with E-state index in [4.69, 9.17) is 0 Å². The number of nitrogens with one attached hydrogen (secondary N) is 1. The Morgan fingerprint density at radius 2 is 2.00 bits per heavy atom. The molecule has 1 aliphatic rings. The third-order valence-electron chi connectivity index (χ3n) is 2.23. The summed E-state index contributed by atoms with van der Waals surface area (Å²) < 4.78 is 0. The van der Waals surface area contributed by atoms with Gasteiger partial charge in [0.25, 0.3) is 0 Å². The number of rotatable bonds is 3. The molecule has 0 saturated carbocycles. The molecule has 76 valence electrons. The Morgan fingerprint density at radius 1 is 1.50 bits per heavy atom. The predicted molar refractivity (Wildman–Crippen MR) is 57.6 cm³/mol. The molecule has 1 N–H and O–H groups in total. The standard InChI is InChI=1S/C8H18N2.C2H6.H2/c1-4-10(3)6-8-5-7(2)9-8;1-2;/h7-9H,4-6H2,1-3H3;1-2H3;1H. The van der Waals surface area contributed by atoms with E-state index in [1.165, 1.54) is 13.0 Å². The van der Waals surface area contributed by atoms with Gasteiger partial charge in [0.2, 0.25) is 0 Å². The fourth-order valence-corrected chi connectivity index (χ4v) is 1.44. The van der Waals surface area contributed by atoms with Gasteiger partial charge in [-0.2, -0.15) is 0 Å². The fourth-order valence-electron chi connectivity index (χ4n) is 1.44. The van der Waals surface area contributed by atoms with E-state index in [0.29, 0.717) is 0 Å². The van der Waals surface area contributed by atoms with E-state index in [0.717, 1.165) is 18.6 Å². The maximum atomic E-state index is 3.47. The van der Waals surface area contributed by atoms with Crippen LogP contribution in [0.15, 0.2) is 0 Å². The van der Waals surface area contributed by atoms with Gasteiger partial charge in [-0.05, 0) is 26.9 Å². The van der Waals surface area contributed by atoms with E-state index in [1.807, 2.05) is 13.8 Å². The van der Waals surface area contributed by atoms with Crippen LogP contribution in [0.5, 0.6) is 0 Å². The molecule has 0 spiro atoms. The largest absolute Gasteiger partial charge is 0.310 e. The highest BCUT2D eigenvalue weighted by molar-refractivity contribution is 4.86. The van der Waals surface area contributed by atoms with Crippen LogP contribution in [0, 0.1) is 0 Å². The third kappa shape index (κ3) is 4.07. The Hall–Kier alpha value is -0.0800. The lowest BCUT2D eigenvalue weighted by atomic mass is 9.98. The van der Waals surface area contributed by atoms with E-state index >= 15 is 0 Å². The molecule has 0 amide bonds. The topological polar surface area (TPSA) is 15.3 Å². The summed E-state index contributed by atoms with van der Waals surface area (Å²) >= 11 is 0. The van der Waals surface area contributed by atoms with Crippen molar-refractivity contribution in [2.24, 2.45) is 0 Å². The van der Waals surface area contributed by atoms with Gasteiger partial charge < -0.3 is 10.2 Å². The van der Waals surface area contributed by atoms with Gasteiger partial charge >= 0.3 is 0 Å². The van der Waals surface area contributed by atoms with E-state index in [2.05, 4.69) is 31.1 Å². The average molecular weight is 174 g/mol. The predicted octanol–water partition coefficient (Wildman–Crippen LogP) is 1.96. The molecule has 12 heavy (non-hydrogen) atoms. The first-order chi connectivity index (χ1) is 5.72. The molecule has 2 unspecified atom stereocenters. The molecule has 2 atom stereocenters. The molecule has 1 saturated heterocycles. The van der Waals surface area contributed by atoms with Gasteiger partial charge in [-0.25, -0.2) is 0 Å². The van der Waals surface area contributed by atoms with Crippen molar-refractivity contribution < 1.29 is 1.43 Å². The average Bonchev–Trinajstić information content (AvgIpc) is 2.05. The van der Waals surface area contributed by atoms with Crippen LogP contribution < -0.4 is 5.32 Å². The van der Waals surface area contributed by atoms with E-state index in [9.17, 15) is 0 Å². The molecule has 1 rings (SSSR count). The Morgan fingerprint density at radius 3 is 2.33 bits per heavy atom. The zero-order valence-electron chi connectivity index (χ0n) is 9.22. The summed E-state index contributed by atoms with van der Waals surface area (Å²) in [5, 5.41) is 3.47. The van der Waals surface area contributed by atoms with E-state index in [-0.39, 0.29) is 1.43 Å². The minimum absolute atomic E-state index is 0. The summed E-state index contributed by atoms with van der Waals surface area (Å²) in [6.45, 7) is 10.8. The molecular formula is C10H26N2. The summed E-state index contributed by atoms with van der Waals surface area (Å²) in [6, 6.07) is 1.52. The van der Waals surface area contributed by atoms with Gasteiger partial charge in [0.15, 0.2) is 0 Å². The van der Waals surface area contributed by atoms with Crippen molar-refractivity contribution in [1.29, 1.82) is 0 Å². The minimum Gasteiger partial charge on any atom is -0.310 e. The lowest BCUT2D eigenvalue weighted by Crippen LogP contribution is -2.55. The Balaban J connectivity index is 0. The lowest BCUT2D eigenvalue weighted by molar-refractivity contribution is 0.207. The second-order valence-corrected chi connectivity index (χ2v) is 3.36. The van der Waals surface area contributed by atoms with Gasteiger partial charge in [0.05, 0.1) is 0 Å². The molecule has 2 heteroatoms. The van der Waals surface area contributed by atoms with Gasteiger partial charge in [-0.15, -0.1) is 0 Å². The maximum absolute atomic E-state index is 3.47. The van der Waals surface area contributed by atoms with Crippen molar-refractivity contribution in [2.45, 2.75) is 46.2 Å². The molecule has 0 radical (unpaired) electrons. The highest BCUT2D eigenvalue weighted by atomic mass is 15.1. The van der Waals surface area contributed by atoms with Crippen LogP contribution in [0.1, 0.15) is 35.5 Å². The number of hydrogen-bond acceptors (Lipinski definition) is 2. The van der Waals surface area contributed by atoms with Gasteiger partial charge in [-0.1, -0.05) is 20.8 Å². The van der Waals surface area contributed by atoms with Crippen LogP contribution in [-0.2, 0) is 0 Å². The Labute approximate surface area is 78.8 Å². The first-order valence-electron chi connectivity index (χ1n) is 5.17. The first-order valence-corrected chi connectivity index (χ1v) is 5.17. The van der Waals surface area contributed by atoms with Gasteiger partial charge in [0.1, 0.15) is 0 Å². The van der Waals surface area contributed by atoms with Crippen LogP contribution >= 0.6 is 0 Å². The lowest BCUT2D eigenvalue weighted by Gasteiger charge is -2.37. The molecule has 0 bridgehead atoms. The Bertz CT molecular complexity index is 103. The second kappa shape index (κ2) is 6.44. The van der Waals surface area contributed by atoms with Crippen LogP contribution in [0.2, 0.25) is 0 Å². The van der Waals surface area contributed by atoms with Crippen molar-refractivity contribution in [3.63, 3.8) is 0 Å². The molecule has 0 aromatic rings. The van der Waals surface area contributed by atoms with Crippen LogP contribution in [0.3, 0.4) is 0 Å². The summed E-state index contributed by atoms with van der Waals surface area (Å²) in [5.41, 5.74) is 0. The number of likely N-dealkylation sites (N-methyl/N-ethyl adjacent to an activating group) is 1. The normalized spacial score (nSPS) is 27.5. The van der Waals surface area contributed by atoms with Crippen molar-refractivity contribution >= 4 is 0 Å². The molecule has 0 aliphatic carbocycles. The molecule has 0 aromatic heterocycles. The highest BCUT2D eigenvalue weighted by Gasteiger charge is 2.24. The van der Waals surface area contributed by atoms with Crippen molar-refractivity contribution in [1.82, 2.24) is 10.2 Å². The minimum atomic E-state index is 0. The monoisotopic (exact) mass is 174 g/mol. The molecule has 1 fully saturated rings. The number of nitrogens with zero attached hydrogens (tertiary/aromatic N) is 1. The number of hydrogen-bond donors (Lipinski definition) is 1. The zero-order valence-corrected chi connectivity index (χ0v) is 9.22. The van der Waals surface area contributed by atoms with Crippen LogP contribution in [0.4, 0.5) is 0 Å². The highest BCUT2D eigenvalue weighted by Crippen LogP contribution is 2.10. The molecule has 2 nitrogen and oxygen atoms in total. The fraction of sp³-hybridized carbons (Fsp3) is 1.00. The van der Waals surface area contributed by atoms with Gasteiger partial charge in [0, 0.05) is 20.1 Å². The van der Waals surface area contributed by atoms with Crippen molar-refractivity contribution in [2.75, 3.05) is 20.1 Å². The van der Waals surface area contributed by atoms with Crippen molar-refractivity contribution in [3.8, 4) is 0 Å². The maximum Gasteiger partial charge on any atom is 0.0212 e. The summed E-state index contributed by atoms with van der Waals surface area (Å²) in [4.78, 5) is 2.35. The SMILES string of the molecule is CC.CCN(C)CC1CC(C)N1.[HH]. The van der Waals surface area contributed by atoms with Crippen LogP contribution in [0.25, 0.3) is 0 Å². The van der Waals surface area contributed by atoms with Crippen LogP contribution in [-0.4, -0.2) is 37.1 Å². The second-order valence-electron chi connectivity index (χ2n) is 3.36.